The van der Waals surface area contributed by atoms with E-state index >= 15 is 0 Å². The van der Waals surface area contributed by atoms with Crippen molar-refractivity contribution in [3.05, 3.63) is 36.5 Å². The Morgan fingerprint density at radius 1 is 0.464 bits per heavy atom. The van der Waals surface area contributed by atoms with Crippen LogP contribution in [0.2, 0.25) is 0 Å². The van der Waals surface area contributed by atoms with E-state index in [9.17, 15) is 39.8 Å². The van der Waals surface area contributed by atoms with Crippen LogP contribution in [0.25, 0.3) is 0 Å². The number of aliphatic hydroxyl groups is 5. The summed E-state index contributed by atoms with van der Waals surface area (Å²) in [6.07, 6.45) is 45.0. The molecule has 0 heterocycles. The fraction of sp³-hybridized carbons (Fsp3) is 0.875. The smallest absolute Gasteiger partial charge is 0.457 e. The fourth-order valence-electron chi connectivity index (χ4n) is 8.78. The zero-order chi connectivity index (χ0) is 50.5. The van der Waals surface area contributed by atoms with Crippen LogP contribution in [-0.4, -0.2) is 98.9 Å². The van der Waals surface area contributed by atoms with E-state index in [-0.39, 0.29) is 13.0 Å². The molecular weight excluding hydrogens is 896 g/mol. The molecule has 69 heavy (non-hydrogen) atoms. The van der Waals surface area contributed by atoms with Gasteiger partial charge in [-0.15, -0.1) is 0 Å². The van der Waals surface area contributed by atoms with Crippen molar-refractivity contribution in [2.75, 3.05) is 19.8 Å². The van der Waals surface area contributed by atoms with Crippen LogP contribution in [0, 0.1) is 0 Å². The molecule has 6 atom stereocenters. The Bertz CT molecular complexity index is 1280. The summed E-state index contributed by atoms with van der Waals surface area (Å²) in [5.74, 6) is -0.485. The maximum atomic E-state index is 12.9. The molecule has 406 valence electrons. The highest BCUT2D eigenvalue weighted by atomic mass is 31.2. The average Bonchev–Trinajstić information content (AvgIpc) is 3.34. The lowest BCUT2D eigenvalue weighted by atomic mass is 9.85. The van der Waals surface area contributed by atoms with Crippen molar-refractivity contribution in [3.8, 4) is 0 Å². The number of phosphoric ester groups is 1. The summed E-state index contributed by atoms with van der Waals surface area (Å²) in [5.41, 5.74) is 0. The Labute approximate surface area is 421 Å². The Hall–Kier alpha value is -1.44. The van der Waals surface area contributed by atoms with Crippen molar-refractivity contribution in [1.29, 1.82) is 0 Å². The van der Waals surface area contributed by atoms with Crippen LogP contribution in [0.3, 0.4) is 0 Å². The minimum Gasteiger partial charge on any atom is -0.457 e. The number of carbonyl (C=O) groups is 1. The minimum atomic E-state index is -5.03. The molecule has 1 rings (SSSR count). The van der Waals surface area contributed by atoms with Crippen LogP contribution in [0.1, 0.15) is 251 Å². The van der Waals surface area contributed by atoms with E-state index < -0.39 is 63.1 Å². The second kappa shape index (κ2) is 46.4. The third kappa shape index (κ3) is 37.9. The van der Waals surface area contributed by atoms with Gasteiger partial charge in [0, 0.05) is 13.0 Å². The van der Waals surface area contributed by atoms with Gasteiger partial charge in [-0.25, -0.2) is 4.57 Å². The van der Waals surface area contributed by atoms with Gasteiger partial charge >= 0.3 is 13.8 Å². The molecule has 1 aliphatic carbocycles. The van der Waals surface area contributed by atoms with Crippen LogP contribution < -0.4 is 0 Å². The SMILES string of the molecule is CCCCCCC/C=C\C/C=C\C/C=C\CCCCCCCCC(=O)OC(COCCCCCCCCCCCCCCCCCCCCCCC)COP(=O)(O)OC1C(O)C(O)C(O)C(O)C1O. The van der Waals surface area contributed by atoms with E-state index in [1.165, 1.54) is 154 Å². The van der Waals surface area contributed by atoms with Crippen LogP contribution >= 0.6 is 7.82 Å². The molecule has 0 aliphatic heterocycles. The second-order valence-corrected chi connectivity index (χ2v) is 21.2. The van der Waals surface area contributed by atoms with Crippen molar-refractivity contribution in [1.82, 2.24) is 0 Å². The topological polar surface area (TPSA) is 192 Å². The Morgan fingerprint density at radius 3 is 1.23 bits per heavy atom. The fourth-order valence-corrected chi connectivity index (χ4v) is 9.75. The third-order valence-corrected chi connectivity index (χ3v) is 14.3. The van der Waals surface area contributed by atoms with E-state index in [0.717, 1.165) is 70.6 Å². The number of rotatable bonds is 49. The molecular formula is C56H105O12P. The number of esters is 1. The summed E-state index contributed by atoms with van der Waals surface area (Å²) in [6.45, 7) is 4.28. The van der Waals surface area contributed by atoms with Crippen LogP contribution in [0.5, 0.6) is 0 Å². The first-order chi connectivity index (χ1) is 33.5. The van der Waals surface area contributed by atoms with E-state index in [2.05, 4.69) is 50.3 Å². The number of hydrogen-bond acceptors (Lipinski definition) is 11. The van der Waals surface area contributed by atoms with Gasteiger partial charge in [-0.2, -0.15) is 0 Å². The van der Waals surface area contributed by atoms with E-state index in [4.69, 9.17) is 18.5 Å². The number of carbonyl (C=O) groups excluding carboxylic acids is 1. The molecule has 0 bridgehead atoms. The third-order valence-electron chi connectivity index (χ3n) is 13.3. The maximum absolute atomic E-state index is 12.9. The lowest BCUT2D eigenvalue weighted by Gasteiger charge is -2.41. The summed E-state index contributed by atoms with van der Waals surface area (Å²) in [7, 11) is -5.03. The summed E-state index contributed by atoms with van der Waals surface area (Å²) in [5, 5.41) is 50.4. The number of aliphatic hydroxyl groups excluding tert-OH is 5. The largest absolute Gasteiger partial charge is 0.472 e. The minimum absolute atomic E-state index is 0.0788. The highest BCUT2D eigenvalue weighted by Crippen LogP contribution is 2.47. The van der Waals surface area contributed by atoms with E-state index in [0.29, 0.717) is 13.0 Å². The first-order valence-electron chi connectivity index (χ1n) is 28.3. The van der Waals surface area contributed by atoms with Gasteiger partial charge in [-0.05, 0) is 51.4 Å². The average molecular weight is 1000 g/mol. The van der Waals surface area contributed by atoms with Crippen molar-refractivity contribution >= 4 is 13.8 Å². The lowest BCUT2D eigenvalue weighted by Crippen LogP contribution is -2.64. The van der Waals surface area contributed by atoms with Gasteiger partial charge in [0.1, 0.15) is 42.7 Å². The van der Waals surface area contributed by atoms with Gasteiger partial charge in [-0.3, -0.25) is 13.8 Å². The molecule has 12 nitrogen and oxygen atoms in total. The van der Waals surface area contributed by atoms with Crippen LogP contribution in [0.15, 0.2) is 36.5 Å². The molecule has 6 N–H and O–H groups in total. The van der Waals surface area contributed by atoms with Gasteiger partial charge in [0.15, 0.2) is 0 Å². The van der Waals surface area contributed by atoms with Gasteiger partial charge in [0.25, 0.3) is 0 Å². The number of phosphoric acid groups is 1. The predicted molar refractivity (Wildman–Crippen MR) is 281 cm³/mol. The summed E-state index contributed by atoms with van der Waals surface area (Å²) < 4.78 is 34.4. The molecule has 0 saturated heterocycles. The van der Waals surface area contributed by atoms with E-state index in [1.807, 2.05) is 0 Å². The zero-order valence-corrected chi connectivity index (χ0v) is 44.8. The molecule has 1 saturated carbocycles. The molecule has 0 spiro atoms. The monoisotopic (exact) mass is 1000 g/mol. The maximum Gasteiger partial charge on any atom is 0.472 e. The molecule has 0 aromatic heterocycles. The van der Waals surface area contributed by atoms with Crippen molar-refractivity contribution < 1.29 is 58.3 Å². The highest BCUT2D eigenvalue weighted by molar-refractivity contribution is 7.47. The van der Waals surface area contributed by atoms with Gasteiger partial charge in [0.05, 0.1) is 13.2 Å². The summed E-state index contributed by atoms with van der Waals surface area (Å²) >= 11 is 0. The second-order valence-electron chi connectivity index (χ2n) is 19.8. The highest BCUT2D eigenvalue weighted by Gasteiger charge is 2.51. The number of allylic oxidation sites excluding steroid dienone is 6. The van der Waals surface area contributed by atoms with Crippen LogP contribution in [0.4, 0.5) is 0 Å². The molecule has 6 unspecified atom stereocenters. The number of hydrogen-bond donors (Lipinski definition) is 6. The Kier molecular flexibility index (Phi) is 44.1. The molecule has 1 aliphatic rings. The van der Waals surface area contributed by atoms with Gasteiger partial charge in [-0.1, -0.05) is 230 Å². The van der Waals surface area contributed by atoms with Gasteiger partial charge in [0.2, 0.25) is 0 Å². The molecule has 0 aromatic carbocycles. The summed E-state index contributed by atoms with van der Waals surface area (Å²) in [4.78, 5) is 23.3. The molecule has 0 radical (unpaired) electrons. The molecule has 13 heteroatoms. The Morgan fingerprint density at radius 2 is 0.812 bits per heavy atom. The molecule has 0 aromatic rings. The number of unbranched alkanes of at least 4 members (excludes halogenated alkanes) is 31. The number of ether oxygens (including phenoxy) is 2. The standard InChI is InChI=1S/C56H105O12P/c1-3-5-7-9-11-13-15-17-19-21-23-25-27-29-31-33-35-37-39-41-43-45-50(57)67-49(48-66-69(63,64)68-56-54(61)52(59)51(58)53(60)55(56)62)47-65-46-44-42-40-38-36-34-32-30-28-26-24-22-20-18-16-14-12-10-8-6-4-2/h15,17,21,23,27,29,49,51-56,58-62H,3-14,16,18-20,22,24-26,28,30-48H2,1-2H3,(H,63,64)/b17-15-,23-21-,29-27-. The predicted octanol–water partition coefficient (Wildman–Crippen LogP) is 13.4. The van der Waals surface area contributed by atoms with E-state index in [1.54, 1.807) is 0 Å². The Balaban J connectivity index is 2.30. The van der Waals surface area contributed by atoms with Crippen molar-refractivity contribution in [2.45, 2.75) is 294 Å². The van der Waals surface area contributed by atoms with Gasteiger partial charge < -0.3 is 39.9 Å². The molecule has 1 fully saturated rings. The van der Waals surface area contributed by atoms with Crippen LogP contribution in [-0.2, 0) is 27.9 Å². The quantitative estimate of drug-likeness (QED) is 0.0146. The first-order valence-corrected chi connectivity index (χ1v) is 29.8. The molecule has 0 amide bonds. The van der Waals surface area contributed by atoms with Crippen molar-refractivity contribution in [2.24, 2.45) is 0 Å². The first kappa shape index (κ1) is 65.6. The van der Waals surface area contributed by atoms with Crippen molar-refractivity contribution in [3.63, 3.8) is 0 Å². The zero-order valence-electron chi connectivity index (χ0n) is 43.9. The lowest BCUT2D eigenvalue weighted by molar-refractivity contribution is -0.220. The normalized spacial score (nSPS) is 21.2. The summed E-state index contributed by atoms with van der Waals surface area (Å²) in [6, 6.07) is 0.